The van der Waals surface area contributed by atoms with Crippen LogP contribution in [0.15, 0.2) is 24.4 Å². The number of benzene rings is 1. The van der Waals surface area contributed by atoms with E-state index in [4.69, 9.17) is 4.98 Å². The highest BCUT2D eigenvalue weighted by atomic mass is 16.1. The van der Waals surface area contributed by atoms with Gasteiger partial charge in [-0.3, -0.25) is 9.69 Å². The van der Waals surface area contributed by atoms with E-state index < -0.39 is 0 Å². The monoisotopic (exact) mass is 432 g/mol. The second-order valence-corrected chi connectivity index (χ2v) is 8.40. The number of nitrogens with one attached hydrogen (secondary N) is 3. The lowest BCUT2D eigenvalue weighted by Gasteiger charge is -2.25. The van der Waals surface area contributed by atoms with Crippen LogP contribution in [0.1, 0.15) is 28.8 Å². The van der Waals surface area contributed by atoms with Crippen LogP contribution in [0.25, 0.3) is 16.7 Å². The van der Waals surface area contributed by atoms with Crippen LogP contribution in [0.4, 0.5) is 17.3 Å². The van der Waals surface area contributed by atoms with Gasteiger partial charge in [0.2, 0.25) is 0 Å². The molecule has 0 aliphatic carbocycles. The van der Waals surface area contributed by atoms with Crippen LogP contribution < -0.4 is 16.0 Å². The first-order chi connectivity index (χ1) is 15.6. The molecule has 1 saturated heterocycles. The molecule has 11 heteroatoms. The summed E-state index contributed by atoms with van der Waals surface area (Å²) in [7, 11) is 3.71. The summed E-state index contributed by atoms with van der Waals surface area (Å²) in [6.45, 7) is 2.40. The number of rotatable bonds is 1. The summed E-state index contributed by atoms with van der Waals surface area (Å²) in [6, 6.07) is 6.42. The number of anilines is 3. The smallest absolute Gasteiger partial charge is 0.256 e. The van der Waals surface area contributed by atoms with Crippen LogP contribution in [0.5, 0.6) is 0 Å². The van der Waals surface area contributed by atoms with Crippen molar-refractivity contribution in [1.82, 2.24) is 39.8 Å². The van der Waals surface area contributed by atoms with Crippen molar-refractivity contribution in [3.8, 4) is 0 Å². The third-order valence-electron chi connectivity index (χ3n) is 6.40. The average Bonchev–Trinajstić information content (AvgIpc) is 3.50. The van der Waals surface area contributed by atoms with Gasteiger partial charge in [0.25, 0.3) is 5.91 Å². The minimum Gasteiger partial charge on any atom is -0.373 e. The van der Waals surface area contributed by atoms with Crippen LogP contribution in [0, 0.1) is 0 Å². The maximum atomic E-state index is 13.0. The van der Waals surface area contributed by atoms with Crippen LogP contribution >= 0.6 is 0 Å². The first-order valence-electron chi connectivity index (χ1n) is 10.8. The van der Waals surface area contributed by atoms with Crippen molar-refractivity contribution in [1.29, 1.82) is 0 Å². The SMILES string of the molecule is CNc1cc2nc3c(cnn13)C(=O)NC[C@H]1CCCN1Cc1cc(c3nnn(C)c3c1)N2. The minimum absolute atomic E-state index is 0.162. The molecule has 5 heterocycles. The van der Waals surface area contributed by atoms with E-state index in [0.717, 1.165) is 48.5 Å². The number of hydrogen-bond acceptors (Lipinski definition) is 8. The van der Waals surface area contributed by atoms with E-state index in [9.17, 15) is 4.79 Å². The Morgan fingerprint density at radius 3 is 3.03 bits per heavy atom. The molecule has 1 atom stereocenters. The molecule has 164 valence electrons. The van der Waals surface area contributed by atoms with Crippen molar-refractivity contribution < 1.29 is 4.79 Å². The quantitative estimate of drug-likeness (QED) is 0.414. The predicted octanol–water partition coefficient (Wildman–Crippen LogP) is 1.50. The molecule has 32 heavy (non-hydrogen) atoms. The number of fused-ring (bicyclic) bond motifs is 6. The highest BCUT2D eigenvalue weighted by Crippen LogP contribution is 2.30. The Kier molecular flexibility index (Phi) is 4.25. The lowest BCUT2D eigenvalue weighted by atomic mass is 10.1. The molecule has 4 bridgehead atoms. The maximum Gasteiger partial charge on any atom is 0.256 e. The summed E-state index contributed by atoms with van der Waals surface area (Å²) in [6.07, 6.45) is 3.75. The Morgan fingerprint density at radius 2 is 2.16 bits per heavy atom. The van der Waals surface area contributed by atoms with Gasteiger partial charge in [-0.15, -0.1) is 5.10 Å². The molecule has 2 aliphatic heterocycles. The highest BCUT2D eigenvalue weighted by Gasteiger charge is 2.27. The molecule has 11 nitrogen and oxygen atoms in total. The van der Waals surface area contributed by atoms with Crippen molar-refractivity contribution in [3.63, 3.8) is 0 Å². The first-order valence-corrected chi connectivity index (χ1v) is 10.8. The standard InChI is InChI=1S/C21H24N10O/c1-22-18-8-17-25-15-6-12(7-16-19(15)27-28-29(16)2)11-30-5-3-4-13(30)9-23-21(32)14-10-24-31(18)20(14)26-17/h6-8,10,13,22H,3-5,9,11H2,1-2H3,(H,23,32)(H,25,26)/t13-/m1/s1. The number of amides is 1. The number of aromatic nitrogens is 6. The molecule has 0 saturated carbocycles. The van der Waals surface area contributed by atoms with E-state index in [1.165, 1.54) is 5.56 Å². The van der Waals surface area contributed by atoms with Gasteiger partial charge < -0.3 is 16.0 Å². The van der Waals surface area contributed by atoms with Crippen molar-refractivity contribution in [2.75, 3.05) is 30.8 Å². The second-order valence-electron chi connectivity index (χ2n) is 8.40. The van der Waals surface area contributed by atoms with Gasteiger partial charge >= 0.3 is 0 Å². The van der Waals surface area contributed by atoms with Crippen molar-refractivity contribution in [2.24, 2.45) is 7.05 Å². The molecule has 0 radical (unpaired) electrons. The number of hydrogen-bond donors (Lipinski definition) is 3. The topological polar surface area (TPSA) is 117 Å². The lowest BCUT2D eigenvalue weighted by molar-refractivity contribution is 0.0941. The summed E-state index contributed by atoms with van der Waals surface area (Å²) in [4.78, 5) is 20.2. The molecule has 4 aromatic rings. The molecule has 1 amide bonds. The normalized spacial score (nSPS) is 19.1. The van der Waals surface area contributed by atoms with E-state index >= 15 is 0 Å². The third-order valence-corrected chi connectivity index (χ3v) is 6.40. The van der Waals surface area contributed by atoms with Crippen LogP contribution in [-0.2, 0) is 13.6 Å². The van der Waals surface area contributed by atoms with Gasteiger partial charge in [-0.05, 0) is 37.1 Å². The molecule has 0 unspecified atom stereocenters. The largest absolute Gasteiger partial charge is 0.373 e. The molecule has 3 N–H and O–H groups in total. The summed E-state index contributed by atoms with van der Waals surface area (Å²) < 4.78 is 3.43. The van der Waals surface area contributed by atoms with Gasteiger partial charge in [0.1, 0.15) is 22.7 Å². The van der Waals surface area contributed by atoms with Gasteiger partial charge in [0.15, 0.2) is 5.65 Å². The van der Waals surface area contributed by atoms with Crippen LogP contribution in [-0.4, -0.2) is 66.6 Å². The maximum absolute atomic E-state index is 13.0. The molecule has 2 aliphatic rings. The third kappa shape index (κ3) is 2.96. The van der Waals surface area contributed by atoms with E-state index in [2.05, 4.69) is 48.4 Å². The Hall–Kier alpha value is -3.73. The summed E-state index contributed by atoms with van der Waals surface area (Å²) >= 11 is 0. The number of aryl methyl sites for hydroxylation is 1. The molecular formula is C21H24N10O. The Bertz CT molecular complexity index is 1360. The second kappa shape index (κ2) is 7.16. The molecule has 3 aromatic heterocycles. The van der Waals surface area contributed by atoms with Gasteiger partial charge in [-0.25, -0.2) is 9.67 Å². The molecule has 1 aromatic carbocycles. The number of carbonyl (C=O) groups is 1. The first kappa shape index (κ1) is 19.0. The fraction of sp³-hybridized carbons (Fsp3) is 0.381. The molecule has 0 spiro atoms. The average molecular weight is 432 g/mol. The fourth-order valence-corrected chi connectivity index (χ4v) is 4.75. The van der Waals surface area contributed by atoms with Gasteiger partial charge in [-0.1, -0.05) is 5.21 Å². The lowest BCUT2D eigenvalue weighted by Crippen LogP contribution is -2.39. The molecule has 1 fully saturated rings. The number of nitrogens with zero attached hydrogens (tertiary/aromatic N) is 7. The minimum atomic E-state index is -0.162. The Morgan fingerprint density at radius 1 is 1.25 bits per heavy atom. The van der Waals surface area contributed by atoms with Gasteiger partial charge in [-0.2, -0.15) is 9.61 Å². The van der Waals surface area contributed by atoms with E-state index in [1.807, 2.05) is 20.2 Å². The summed E-state index contributed by atoms with van der Waals surface area (Å²) in [5, 5.41) is 22.6. The Labute approximate surface area is 183 Å². The van der Waals surface area contributed by atoms with E-state index in [0.29, 0.717) is 23.6 Å². The van der Waals surface area contributed by atoms with E-state index in [1.54, 1.807) is 15.4 Å². The zero-order valence-corrected chi connectivity index (χ0v) is 18.0. The van der Waals surface area contributed by atoms with Gasteiger partial charge in [0.05, 0.1) is 17.4 Å². The Balaban J connectivity index is 1.56. The van der Waals surface area contributed by atoms with Crippen LogP contribution in [0.2, 0.25) is 0 Å². The number of carbonyl (C=O) groups excluding carboxylic acids is 1. The van der Waals surface area contributed by atoms with E-state index in [-0.39, 0.29) is 11.9 Å². The van der Waals surface area contributed by atoms with Crippen LogP contribution in [0.3, 0.4) is 0 Å². The summed E-state index contributed by atoms with van der Waals surface area (Å²) in [5.41, 5.74) is 4.68. The molecular weight excluding hydrogens is 408 g/mol. The van der Waals surface area contributed by atoms with Crippen molar-refractivity contribution in [3.05, 3.63) is 35.5 Å². The van der Waals surface area contributed by atoms with Crippen molar-refractivity contribution in [2.45, 2.75) is 25.4 Å². The zero-order valence-electron chi connectivity index (χ0n) is 18.0. The van der Waals surface area contributed by atoms with Gasteiger partial charge in [0, 0.05) is 39.3 Å². The highest BCUT2D eigenvalue weighted by molar-refractivity contribution is 6.00. The summed E-state index contributed by atoms with van der Waals surface area (Å²) in [5.74, 6) is 1.15. The predicted molar refractivity (Wildman–Crippen MR) is 120 cm³/mol. The zero-order chi connectivity index (χ0) is 21.8. The fourth-order valence-electron chi connectivity index (χ4n) is 4.75. The molecule has 6 rings (SSSR count). The van der Waals surface area contributed by atoms with Crippen molar-refractivity contribution >= 4 is 39.9 Å².